The van der Waals surface area contributed by atoms with Crippen molar-refractivity contribution in [3.63, 3.8) is 0 Å². The maximum Gasteiger partial charge on any atom is 0.328 e. The molecule has 2 aromatic heterocycles. The second-order valence-electron chi connectivity index (χ2n) is 6.81. The van der Waals surface area contributed by atoms with Gasteiger partial charge in [0.1, 0.15) is 22.2 Å². The predicted molar refractivity (Wildman–Crippen MR) is 108 cm³/mol. The maximum absolute atomic E-state index is 12.5. The summed E-state index contributed by atoms with van der Waals surface area (Å²) in [6.45, 7) is 3.92. The van der Waals surface area contributed by atoms with Crippen LogP contribution in [0.15, 0.2) is 11.4 Å². The zero-order valence-corrected chi connectivity index (χ0v) is 17.5. The fourth-order valence-corrected chi connectivity index (χ4v) is 5.45. The van der Waals surface area contributed by atoms with E-state index in [1.165, 1.54) is 42.2 Å². The van der Waals surface area contributed by atoms with Gasteiger partial charge in [-0.05, 0) is 37.2 Å². The second-order valence-corrected chi connectivity index (χ2v) is 8.86. The molecule has 0 spiro atoms. The quantitative estimate of drug-likeness (QED) is 0.431. The number of aromatic nitrogens is 2. The number of thiophene rings is 1. The molecule has 0 saturated carbocycles. The highest BCUT2D eigenvalue weighted by Crippen LogP contribution is 2.39. The molecule has 0 radical (unpaired) electrons. The number of amides is 1. The number of nitrogens with zero attached hydrogens (tertiary/aromatic N) is 2. The van der Waals surface area contributed by atoms with Crippen LogP contribution in [0.3, 0.4) is 0 Å². The van der Waals surface area contributed by atoms with Crippen LogP contribution in [0.1, 0.15) is 43.6 Å². The summed E-state index contributed by atoms with van der Waals surface area (Å²) in [5.74, 6) is -0.368. The third-order valence-electron chi connectivity index (χ3n) is 5.04. The molecule has 2 atom stereocenters. The summed E-state index contributed by atoms with van der Waals surface area (Å²) in [4.78, 5) is 35.7. The molecule has 1 amide bonds. The number of hydrogen-bond acceptors (Lipinski definition) is 7. The summed E-state index contributed by atoms with van der Waals surface area (Å²) in [6.07, 6.45) is 6.93. The van der Waals surface area contributed by atoms with Crippen molar-refractivity contribution in [1.82, 2.24) is 15.3 Å². The van der Waals surface area contributed by atoms with Gasteiger partial charge in [-0.15, -0.1) is 11.3 Å². The lowest BCUT2D eigenvalue weighted by atomic mass is 9.97. The number of aryl methyl sites for hydroxylation is 2. The highest BCUT2D eigenvalue weighted by atomic mass is 32.2. The van der Waals surface area contributed by atoms with E-state index in [-0.39, 0.29) is 17.6 Å². The van der Waals surface area contributed by atoms with Crippen LogP contribution in [0, 0.1) is 5.92 Å². The van der Waals surface area contributed by atoms with E-state index < -0.39 is 12.0 Å². The molecule has 0 saturated heterocycles. The van der Waals surface area contributed by atoms with Crippen molar-refractivity contribution in [3.8, 4) is 0 Å². The smallest absolute Gasteiger partial charge is 0.328 e. The number of hydrogen-bond donors (Lipinski definition) is 1. The van der Waals surface area contributed by atoms with Gasteiger partial charge in [-0.3, -0.25) is 4.79 Å². The number of carbonyl (C=O) groups is 2. The molecule has 0 aliphatic heterocycles. The Hall–Kier alpha value is -1.67. The Balaban J connectivity index is 1.72. The molecule has 1 N–H and O–H groups in total. The van der Waals surface area contributed by atoms with Crippen LogP contribution in [0.2, 0.25) is 0 Å². The second kappa shape index (κ2) is 9.01. The fourth-order valence-electron chi connectivity index (χ4n) is 3.32. The van der Waals surface area contributed by atoms with Gasteiger partial charge in [-0.2, -0.15) is 0 Å². The highest BCUT2D eigenvalue weighted by molar-refractivity contribution is 8.00. The largest absolute Gasteiger partial charge is 0.467 e. The molecule has 0 bridgehead atoms. The molecule has 1 aliphatic rings. The molecule has 2 aromatic rings. The molecule has 0 aromatic carbocycles. The summed E-state index contributed by atoms with van der Waals surface area (Å²) in [5.41, 5.74) is 1.36. The topological polar surface area (TPSA) is 81.2 Å². The summed E-state index contributed by atoms with van der Waals surface area (Å²) >= 11 is 3.15. The van der Waals surface area contributed by atoms with Crippen LogP contribution in [0.5, 0.6) is 0 Å². The van der Waals surface area contributed by atoms with E-state index in [9.17, 15) is 9.59 Å². The van der Waals surface area contributed by atoms with E-state index >= 15 is 0 Å². The number of rotatable bonds is 7. The van der Waals surface area contributed by atoms with Crippen LogP contribution < -0.4 is 5.32 Å². The van der Waals surface area contributed by atoms with E-state index in [4.69, 9.17) is 4.74 Å². The van der Waals surface area contributed by atoms with Gasteiger partial charge in [0.2, 0.25) is 5.91 Å². The number of ether oxygens (including phenoxy) is 1. The van der Waals surface area contributed by atoms with Crippen LogP contribution in [0.4, 0.5) is 0 Å². The summed E-state index contributed by atoms with van der Waals surface area (Å²) < 4.78 is 4.83. The van der Waals surface area contributed by atoms with Gasteiger partial charge >= 0.3 is 5.97 Å². The summed E-state index contributed by atoms with van der Waals surface area (Å²) in [6, 6.07) is -0.618. The van der Waals surface area contributed by atoms with Crippen molar-refractivity contribution in [2.24, 2.45) is 5.92 Å². The van der Waals surface area contributed by atoms with E-state index in [0.29, 0.717) is 0 Å². The number of esters is 1. The van der Waals surface area contributed by atoms with Crippen LogP contribution in [-0.4, -0.2) is 40.7 Å². The first-order valence-electron chi connectivity index (χ1n) is 9.30. The van der Waals surface area contributed by atoms with Gasteiger partial charge in [0.15, 0.2) is 0 Å². The van der Waals surface area contributed by atoms with Crippen molar-refractivity contribution in [2.45, 2.75) is 57.0 Å². The molecule has 6 nitrogen and oxygen atoms in total. The van der Waals surface area contributed by atoms with Gasteiger partial charge in [-0.25, -0.2) is 14.8 Å². The predicted octanol–water partition coefficient (Wildman–Crippen LogP) is 3.37. The lowest BCUT2D eigenvalue weighted by Crippen LogP contribution is -2.46. The van der Waals surface area contributed by atoms with Crippen molar-refractivity contribution < 1.29 is 14.3 Å². The molecule has 1 aliphatic carbocycles. The zero-order chi connectivity index (χ0) is 19.4. The van der Waals surface area contributed by atoms with Crippen molar-refractivity contribution in [1.29, 1.82) is 0 Å². The minimum atomic E-state index is -0.618. The maximum atomic E-state index is 12.5. The Morgan fingerprint density at radius 3 is 2.85 bits per heavy atom. The molecular weight excluding hydrogens is 382 g/mol. The lowest BCUT2D eigenvalue weighted by molar-refractivity contribution is -0.146. The van der Waals surface area contributed by atoms with Crippen molar-refractivity contribution in [2.75, 3.05) is 12.9 Å². The van der Waals surface area contributed by atoms with Crippen LogP contribution in [0.25, 0.3) is 10.2 Å². The van der Waals surface area contributed by atoms with E-state index in [0.717, 1.165) is 34.5 Å². The molecule has 8 heteroatoms. The third-order valence-corrected chi connectivity index (χ3v) is 7.23. The summed E-state index contributed by atoms with van der Waals surface area (Å²) in [5, 5.41) is 4.78. The number of thioether (sulfide) groups is 1. The molecule has 0 unspecified atom stereocenters. The zero-order valence-electron chi connectivity index (χ0n) is 15.9. The first-order valence-corrected chi connectivity index (χ1v) is 11.1. The average molecular weight is 408 g/mol. The van der Waals surface area contributed by atoms with Crippen LogP contribution in [-0.2, 0) is 27.2 Å². The number of fused-ring (bicyclic) bond motifs is 3. The Bertz CT molecular complexity index is 837. The monoisotopic (exact) mass is 407 g/mol. The summed E-state index contributed by atoms with van der Waals surface area (Å²) in [7, 11) is 1.34. The standard InChI is InChI=1S/C19H25N3O3S2/c1-4-11(2)16(19(24)25-3)22-14(23)9-26-17-15-12-7-5-6-8-13(12)27-18(15)21-10-20-17/h10-11,16H,4-9H2,1-3H3,(H,22,23)/t11-,16+/m0/s1. The normalized spacial score (nSPS) is 15.8. The number of methoxy groups -OCH3 is 1. The van der Waals surface area contributed by atoms with Gasteiger partial charge in [-0.1, -0.05) is 32.0 Å². The molecule has 146 valence electrons. The van der Waals surface area contributed by atoms with E-state index in [1.807, 2.05) is 13.8 Å². The Morgan fingerprint density at radius 2 is 2.11 bits per heavy atom. The fraction of sp³-hybridized carbons (Fsp3) is 0.579. The van der Waals surface area contributed by atoms with E-state index in [2.05, 4.69) is 15.3 Å². The molecule has 27 heavy (non-hydrogen) atoms. The minimum absolute atomic E-state index is 0.0149. The van der Waals surface area contributed by atoms with Crippen molar-refractivity contribution in [3.05, 3.63) is 16.8 Å². The molecular formula is C19H25N3O3S2. The van der Waals surface area contributed by atoms with E-state index in [1.54, 1.807) is 17.7 Å². The first-order chi connectivity index (χ1) is 13.0. The third kappa shape index (κ3) is 4.43. The van der Waals surface area contributed by atoms with Crippen molar-refractivity contribution >= 4 is 45.2 Å². The number of nitrogens with one attached hydrogen (secondary N) is 1. The minimum Gasteiger partial charge on any atom is -0.467 e. The molecule has 0 fully saturated rings. The SMILES string of the molecule is CC[C@H](C)[C@@H](NC(=O)CSc1ncnc2sc3c(c12)CCCC3)C(=O)OC. The first kappa shape index (κ1) is 20.1. The lowest BCUT2D eigenvalue weighted by Gasteiger charge is -2.21. The number of carbonyl (C=O) groups excluding carboxylic acids is 2. The Morgan fingerprint density at radius 1 is 1.33 bits per heavy atom. The van der Waals surface area contributed by atoms with Gasteiger partial charge in [0.05, 0.1) is 12.9 Å². The molecule has 2 heterocycles. The van der Waals surface area contributed by atoms with Crippen LogP contribution >= 0.6 is 23.1 Å². The highest BCUT2D eigenvalue weighted by Gasteiger charge is 2.27. The Kier molecular flexibility index (Phi) is 6.70. The molecule has 3 rings (SSSR count). The van der Waals surface area contributed by atoms with Gasteiger partial charge < -0.3 is 10.1 Å². The average Bonchev–Trinajstić information content (AvgIpc) is 3.08. The van der Waals surface area contributed by atoms with Gasteiger partial charge in [0.25, 0.3) is 0 Å². The Labute approximate surface area is 167 Å². The van der Waals surface area contributed by atoms with Gasteiger partial charge in [0, 0.05) is 10.3 Å².